The van der Waals surface area contributed by atoms with Crippen LogP contribution in [0, 0.1) is 0 Å². The highest BCUT2D eigenvalue weighted by Crippen LogP contribution is 2.28. The smallest absolute Gasteiger partial charge is 0.126 e. The third-order valence-corrected chi connectivity index (χ3v) is 2.73. The summed E-state index contributed by atoms with van der Waals surface area (Å²) >= 11 is 3.39. The van der Waals surface area contributed by atoms with Gasteiger partial charge < -0.3 is 9.84 Å². The molecule has 0 fully saturated rings. The molecule has 0 bridgehead atoms. The highest BCUT2D eigenvalue weighted by Gasteiger charge is 2.09. The highest BCUT2D eigenvalue weighted by molar-refractivity contribution is 9.10. The minimum Gasteiger partial charge on any atom is -0.493 e. The lowest BCUT2D eigenvalue weighted by molar-refractivity contribution is 0.191. The molecule has 0 aliphatic rings. The molecule has 16 heavy (non-hydrogen) atoms. The molecule has 1 atom stereocenters. The molecule has 1 aromatic carbocycles. The van der Waals surface area contributed by atoms with Gasteiger partial charge in [-0.2, -0.15) is 0 Å². The predicted molar refractivity (Wildman–Crippen MR) is 69.7 cm³/mol. The zero-order valence-electron chi connectivity index (χ0n) is 9.45. The molecule has 2 nitrogen and oxygen atoms in total. The van der Waals surface area contributed by atoms with Crippen LogP contribution >= 0.6 is 15.9 Å². The Labute approximate surface area is 105 Å². The number of aliphatic hydroxyl groups excluding tert-OH is 1. The van der Waals surface area contributed by atoms with Gasteiger partial charge in [0.15, 0.2) is 0 Å². The van der Waals surface area contributed by atoms with Gasteiger partial charge in [0.1, 0.15) is 5.75 Å². The van der Waals surface area contributed by atoms with E-state index in [1.807, 2.05) is 24.3 Å². The summed E-state index contributed by atoms with van der Waals surface area (Å²) in [6, 6.07) is 5.66. The topological polar surface area (TPSA) is 29.5 Å². The SMILES string of the molecule is C=CCCCOc1cc(Br)ccc1C(C)O. The van der Waals surface area contributed by atoms with Gasteiger partial charge in [-0.05, 0) is 31.9 Å². The van der Waals surface area contributed by atoms with Gasteiger partial charge in [0.25, 0.3) is 0 Å². The molecule has 0 aromatic heterocycles. The fraction of sp³-hybridized carbons (Fsp3) is 0.385. The molecule has 1 unspecified atom stereocenters. The van der Waals surface area contributed by atoms with Crippen molar-refractivity contribution in [1.82, 2.24) is 0 Å². The first-order valence-corrected chi connectivity index (χ1v) is 6.15. The normalized spacial score (nSPS) is 12.2. The van der Waals surface area contributed by atoms with E-state index in [1.54, 1.807) is 6.92 Å². The average Bonchev–Trinajstić information content (AvgIpc) is 2.24. The van der Waals surface area contributed by atoms with E-state index >= 15 is 0 Å². The lowest BCUT2D eigenvalue weighted by Gasteiger charge is -2.13. The second-order valence-corrected chi connectivity index (χ2v) is 4.55. The fourth-order valence-corrected chi connectivity index (χ4v) is 1.73. The Morgan fingerprint density at radius 2 is 2.31 bits per heavy atom. The molecule has 1 rings (SSSR count). The Morgan fingerprint density at radius 1 is 1.56 bits per heavy atom. The maximum absolute atomic E-state index is 9.59. The molecule has 0 spiro atoms. The molecule has 1 aromatic rings. The fourth-order valence-electron chi connectivity index (χ4n) is 1.39. The first kappa shape index (κ1) is 13.3. The van der Waals surface area contributed by atoms with E-state index in [-0.39, 0.29) is 0 Å². The van der Waals surface area contributed by atoms with E-state index < -0.39 is 6.10 Å². The standard InChI is InChI=1S/C13H17BrO2/c1-3-4-5-8-16-13-9-11(14)6-7-12(13)10(2)15/h3,6-7,9-10,15H,1,4-5,8H2,2H3. The molecule has 0 aliphatic carbocycles. The van der Waals surface area contributed by atoms with Crippen LogP contribution in [0.3, 0.4) is 0 Å². The van der Waals surface area contributed by atoms with Crippen molar-refractivity contribution >= 4 is 15.9 Å². The monoisotopic (exact) mass is 284 g/mol. The molecule has 0 aliphatic heterocycles. The van der Waals surface area contributed by atoms with Crippen molar-refractivity contribution in [2.24, 2.45) is 0 Å². The van der Waals surface area contributed by atoms with Gasteiger partial charge in [-0.3, -0.25) is 0 Å². The number of unbranched alkanes of at least 4 members (excludes halogenated alkanes) is 1. The molecule has 0 amide bonds. The Hall–Kier alpha value is -0.800. The third-order valence-electron chi connectivity index (χ3n) is 2.24. The van der Waals surface area contributed by atoms with Crippen LogP contribution < -0.4 is 4.74 Å². The van der Waals surface area contributed by atoms with Gasteiger partial charge >= 0.3 is 0 Å². The van der Waals surface area contributed by atoms with E-state index in [4.69, 9.17) is 4.74 Å². The summed E-state index contributed by atoms with van der Waals surface area (Å²) in [6.07, 6.45) is 3.25. The Kier molecular flexibility index (Phi) is 5.56. The lowest BCUT2D eigenvalue weighted by Crippen LogP contribution is -2.02. The number of halogens is 1. The van der Waals surface area contributed by atoms with Crippen molar-refractivity contribution in [3.8, 4) is 5.75 Å². The highest BCUT2D eigenvalue weighted by atomic mass is 79.9. The summed E-state index contributed by atoms with van der Waals surface area (Å²) in [4.78, 5) is 0. The molecule has 0 radical (unpaired) electrons. The second-order valence-electron chi connectivity index (χ2n) is 3.64. The number of hydrogen-bond donors (Lipinski definition) is 1. The number of aliphatic hydroxyl groups is 1. The maximum atomic E-state index is 9.59. The number of benzene rings is 1. The minimum absolute atomic E-state index is 0.512. The van der Waals surface area contributed by atoms with Crippen molar-refractivity contribution in [3.63, 3.8) is 0 Å². The van der Waals surface area contributed by atoms with Gasteiger partial charge in [0.2, 0.25) is 0 Å². The molecular weight excluding hydrogens is 268 g/mol. The van der Waals surface area contributed by atoms with Crippen LogP contribution in [0.2, 0.25) is 0 Å². The molecule has 0 saturated carbocycles. The average molecular weight is 285 g/mol. The zero-order chi connectivity index (χ0) is 12.0. The van der Waals surface area contributed by atoms with Gasteiger partial charge in [-0.25, -0.2) is 0 Å². The van der Waals surface area contributed by atoms with Crippen LogP contribution in [0.1, 0.15) is 31.4 Å². The van der Waals surface area contributed by atoms with Crippen molar-refractivity contribution in [1.29, 1.82) is 0 Å². The summed E-state index contributed by atoms with van der Waals surface area (Å²) in [5.74, 6) is 0.744. The van der Waals surface area contributed by atoms with E-state index in [2.05, 4.69) is 22.5 Å². The van der Waals surface area contributed by atoms with E-state index in [9.17, 15) is 5.11 Å². The molecule has 0 saturated heterocycles. The molecule has 0 heterocycles. The van der Waals surface area contributed by atoms with Crippen LogP contribution in [-0.2, 0) is 0 Å². The summed E-state index contributed by atoms with van der Waals surface area (Å²) in [6.45, 7) is 6.04. The number of allylic oxidation sites excluding steroid dienone is 1. The Balaban J connectivity index is 2.68. The Morgan fingerprint density at radius 3 is 2.94 bits per heavy atom. The molecule has 88 valence electrons. The lowest BCUT2D eigenvalue weighted by atomic mass is 10.1. The molecule has 3 heteroatoms. The van der Waals surface area contributed by atoms with Gasteiger partial charge in [0, 0.05) is 10.0 Å². The quantitative estimate of drug-likeness (QED) is 0.635. The maximum Gasteiger partial charge on any atom is 0.126 e. The van der Waals surface area contributed by atoms with Crippen molar-refractivity contribution in [2.75, 3.05) is 6.61 Å². The largest absolute Gasteiger partial charge is 0.493 e. The molecular formula is C13H17BrO2. The number of hydrogen-bond acceptors (Lipinski definition) is 2. The van der Waals surface area contributed by atoms with Gasteiger partial charge in [-0.15, -0.1) is 6.58 Å². The second kappa shape index (κ2) is 6.71. The summed E-state index contributed by atoms with van der Waals surface area (Å²) in [5, 5.41) is 9.59. The third kappa shape index (κ3) is 3.99. The Bertz CT molecular complexity index is 348. The predicted octanol–water partition coefficient (Wildman–Crippen LogP) is 3.85. The van der Waals surface area contributed by atoms with Crippen molar-refractivity contribution < 1.29 is 9.84 Å². The van der Waals surface area contributed by atoms with Crippen LogP contribution in [0.4, 0.5) is 0 Å². The first-order valence-electron chi connectivity index (χ1n) is 5.36. The van der Waals surface area contributed by atoms with Crippen molar-refractivity contribution in [3.05, 3.63) is 40.9 Å². The summed E-state index contributed by atoms with van der Waals surface area (Å²) in [5.41, 5.74) is 0.821. The van der Waals surface area contributed by atoms with Gasteiger partial charge in [0.05, 0.1) is 12.7 Å². The van der Waals surface area contributed by atoms with E-state index in [0.717, 1.165) is 28.6 Å². The van der Waals surface area contributed by atoms with Crippen LogP contribution in [0.25, 0.3) is 0 Å². The minimum atomic E-state index is -0.512. The van der Waals surface area contributed by atoms with Crippen LogP contribution in [0.15, 0.2) is 35.3 Å². The number of ether oxygens (including phenoxy) is 1. The van der Waals surface area contributed by atoms with E-state index in [0.29, 0.717) is 6.61 Å². The zero-order valence-corrected chi connectivity index (χ0v) is 11.0. The van der Waals surface area contributed by atoms with Gasteiger partial charge in [-0.1, -0.05) is 28.1 Å². The van der Waals surface area contributed by atoms with Crippen molar-refractivity contribution in [2.45, 2.75) is 25.9 Å². The van der Waals surface area contributed by atoms with Crippen LogP contribution in [-0.4, -0.2) is 11.7 Å². The van der Waals surface area contributed by atoms with E-state index in [1.165, 1.54) is 0 Å². The number of rotatable bonds is 6. The first-order chi connectivity index (χ1) is 7.65. The van der Waals surface area contributed by atoms with Crippen LogP contribution in [0.5, 0.6) is 5.75 Å². The molecule has 1 N–H and O–H groups in total. The summed E-state index contributed by atoms with van der Waals surface area (Å²) in [7, 11) is 0. The summed E-state index contributed by atoms with van der Waals surface area (Å²) < 4.78 is 6.60.